The van der Waals surface area contributed by atoms with Gasteiger partial charge >= 0.3 is 0 Å². The van der Waals surface area contributed by atoms with Crippen molar-refractivity contribution in [2.75, 3.05) is 19.0 Å². The Balaban J connectivity index is 2.20. The minimum absolute atomic E-state index is 0.645. The fourth-order valence-electron chi connectivity index (χ4n) is 2.37. The van der Waals surface area contributed by atoms with Crippen LogP contribution in [-0.2, 0) is 13.6 Å². The van der Waals surface area contributed by atoms with Gasteiger partial charge in [-0.1, -0.05) is 6.07 Å². The number of nitrogens with zero attached hydrogens (tertiary/aromatic N) is 2. The van der Waals surface area contributed by atoms with E-state index in [1.54, 1.807) is 11.8 Å². The van der Waals surface area contributed by atoms with Crippen molar-refractivity contribution in [3.05, 3.63) is 35.0 Å². The summed E-state index contributed by atoms with van der Waals surface area (Å²) >= 11 is 0. The standard InChI is InChI=1S/C16H23N3O2/c1-6-21-15-9-11(2)7-8-14(15)17-10-13-12(3)18-19(4)16(13)20-5/h7-9,17H,6,10H2,1-5H3. The summed E-state index contributed by atoms with van der Waals surface area (Å²) < 4.78 is 12.9. The first-order chi connectivity index (χ1) is 10.1. The van der Waals surface area contributed by atoms with Gasteiger partial charge in [0.2, 0.25) is 5.88 Å². The summed E-state index contributed by atoms with van der Waals surface area (Å²) in [6.07, 6.45) is 0. The van der Waals surface area contributed by atoms with E-state index in [2.05, 4.69) is 23.4 Å². The van der Waals surface area contributed by atoms with Crippen LogP contribution in [0.15, 0.2) is 18.2 Å². The van der Waals surface area contributed by atoms with Gasteiger partial charge in [0.05, 0.1) is 30.7 Å². The number of hydrogen-bond donors (Lipinski definition) is 1. The van der Waals surface area contributed by atoms with Crippen molar-refractivity contribution in [1.29, 1.82) is 0 Å². The van der Waals surface area contributed by atoms with Gasteiger partial charge in [0, 0.05) is 13.6 Å². The third-order valence-electron chi connectivity index (χ3n) is 3.37. The second-order valence-electron chi connectivity index (χ2n) is 4.98. The molecule has 0 unspecified atom stereocenters. The Bertz CT molecular complexity index is 620. The molecule has 5 nitrogen and oxygen atoms in total. The van der Waals surface area contributed by atoms with Crippen LogP contribution in [0.2, 0.25) is 0 Å². The summed E-state index contributed by atoms with van der Waals surface area (Å²) in [4.78, 5) is 0. The van der Waals surface area contributed by atoms with Crippen LogP contribution in [-0.4, -0.2) is 23.5 Å². The summed E-state index contributed by atoms with van der Waals surface area (Å²) in [5, 5.41) is 7.80. The third kappa shape index (κ3) is 3.29. The topological polar surface area (TPSA) is 48.3 Å². The lowest BCUT2D eigenvalue weighted by Gasteiger charge is -2.13. The van der Waals surface area contributed by atoms with Gasteiger partial charge in [-0.3, -0.25) is 0 Å². The molecule has 1 aromatic carbocycles. The Hall–Kier alpha value is -2.17. The van der Waals surface area contributed by atoms with Crippen molar-refractivity contribution >= 4 is 5.69 Å². The molecule has 1 N–H and O–H groups in total. The number of anilines is 1. The van der Waals surface area contributed by atoms with Crippen LogP contribution in [0.3, 0.4) is 0 Å². The largest absolute Gasteiger partial charge is 0.492 e. The van der Waals surface area contributed by atoms with Crippen LogP contribution < -0.4 is 14.8 Å². The van der Waals surface area contributed by atoms with Crippen molar-refractivity contribution < 1.29 is 9.47 Å². The number of ether oxygens (including phenoxy) is 2. The molecule has 1 heterocycles. The first-order valence-electron chi connectivity index (χ1n) is 7.10. The molecule has 5 heteroatoms. The molecule has 1 aromatic heterocycles. The van der Waals surface area contributed by atoms with Gasteiger partial charge in [-0.05, 0) is 38.5 Å². The van der Waals surface area contributed by atoms with Gasteiger partial charge in [0.15, 0.2) is 0 Å². The average molecular weight is 289 g/mol. The molecule has 0 saturated carbocycles. The van der Waals surface area contributed by atoms with Crippen LogP contribution in [0.5, 0.6) is 11.6 Å². The molecule has 0 spiro atoms. The predicted octanol–water partition coefficient (Wildman–Crippen LogP) is 3.06. The van der Waals surface area contributed by atoms with Crippen molar-refractivity contribution in [1.82, 2.24) is 9.78 Å². The van der Waals surface area contributed by atoms with Crippen molar-refractivity contribution in [2.45, 2.75) is 27.3 Å². The van der Waals surface area contributed by atoms with E-state index in [1.807, 2.05) is 33.0 Å². The smallest absolute Gasteiger partial charge is 0.216 e. The molecule has 0 radical (unpaired) electrons. The fraction of sp³-hybridized carbons (Fsp3) is 0.438. The number of nitrogens with one attached hydrogen (secondary N) is 1. The quantitative estimate of drug-likeness (QED) is 0.888. The monoisotopic (exact) mass is 289 g/mol. The number of aromatic nitrogens is 2. The molecule has 0 saturated heterocycles. The summed E-state index contributed by atoms with van der Waals surface area (Å²) in [7, 11) is 3.55. The van der Waals surface area contributed by atoms with E-state index in [1.165, 1.54) is 5.56 Å². The lowest BCUT2D eigenvalue weighted by Crippen LogP contribution is -2.05. The van der Waals surface area contributed by atoms with Gasteiger partial charge < -0.3 is 14.8 Å². The van der Waals surface area contributed by atoms with Gasteiger partial charge in [-0.25, -0.2) is 4.68 Å². The first kappa shape index (κ1) is 15.2. The van der Waals surface area contributed by atoms with E-state index >= 15 is 0 Å². The molecule has 0 aliphatic carbocycles. The Morgan fingerprint density at radius 1 is 1.29 bits per heavy atom. The highest BCUT2D eigenvalue weighted by atomic mass is 16.5. The lowest BCUT2D eigenvalue weighted by atomic mass is 10.2. The maximum absolute atomic E-state index is 5.68. The number of benzene rings is 1. The minimum atomic E-state index is 0.645. The summed E-state index contributed by atoms with van der Waals surface area (Å²) in [5.41, 5.74) is 4.18. The molecule has 0 atom stereocenters. The summed E-state index contributed by atoms with van der Waals surface area (Å²) in [5.74, 6) is 1.66. The highest BCUT2D eigenvalue weighted by Crippen LogP contribution is 2.28. The minimum Gasteiger partial charge on any atom is -0.492 e. The SMILES string of the molecule is CCOc1cc(C)ccc1NCc1c(C)nn(C)c1OC. The van der Waals surface area contributed by atoms with Gasteiger partial charge in [0.1, 0.15) is 5.75 Å². The molecule has 2 aromatic rings. The molecule has 0 amide bonds. The van der Waals surface area contributed by atoms with Gasteiger partial charge in [-0.2, -0.15) is 5.10 Å². The summed E-state index contributed by atoms with van der Waals surface area (Å²) in [6, 6.07) is 6.15. The van der Waals surface area contributed by atoms with Crippen molar-refractivity contribution in [2.24, 2.45) is 7.05 Å². The Morgan fingerprint density at radius 2 is 2.05 bits per heavy atom. The highest BCUT2D eigenvalue weighted by Gasteiger charge is 2.14. The zero-order valence-corrected chi connectivity index (χ0v) is 13.4. The zero-order valence-electron chi connectivity index (χ0n) is 13.4. The normalized spacial score (nSPS) is 10.5. The average Bonchev–Trinajstić information content (AvgIpc) is 2.72. The molecular formula is C16H23N3O2. The fourth-order valence-corrected chi connectivity index (χ4v) is 2.37. The van der Waals surface area contributed by atoms with E-state index < -0.39 is 0 Å². The second-order valence-corrected chi connectivity index (χ2v) is 4.98. The maximum atomic E-state index is 5.68. The Kier molecular flexibility index (Phi) is 4.73. The van der Waals surface area contributed by atoms with Crippen LogP contribution in [0.4, 0.5) is 5.69 Å². The lowest BCUT2D eigenvalue weighted by molar-refractivity contribution is 0.341. The molecule has 21 heavy (non-hydrogen) atoms. The second kappa shape index (κ2) is 6.52. The molecule has 0 aliphatic rings. The van der Waals surface area contributed by atoms with Crippen molar-refractivity contribution in [3.8, 4) is 11.6 Å². The maximum Gasteiger partial charge on any atom is 0.216 e. The Labute approximate surface area is 125 Å². The van der Waals surface area contributed by atoms with E-state index in [0.29, 0.717) is 13.2 Å². The number of hydrogen-bond acceptors (Lipinski definition) is 4. The van der Waals surface area contributed by atoms with E-state index in [4.69, 9.17) is 9.47 Å². The molecule has 0 aliphatic heterocycles. The predicted molar refractivity (Wildman–Crippen MR) is 84.2 cm³/mol. The van der Waals surface area contributed by atoms with E-state index in [0.717, 1.165) is 28.6 Å². The number of methoxy groups -OCH3 is 1. The van der Waals surface area contributed by atoms with Crippen LogP contribution in [0.1, 0.15) is 23.7 Å². The molecule has 0 bridgehead atoms. The molecule has 2 rings (SSSR count). The van der Waals surface area contributed by atoms with Crippen LogP contribution in [0, 0.1) is 13.8 Å². The van der Waals surface area contributed by atoms with Crippen LogP contribution >= 0.6 is 0 Å². The van der Waals surface area contributed by atoms with Gasteiger partial charge in [-0.15, -0.1) is 0 Å². The zero-order chi connectivity index (χ0) is 15.4. The molecular weight excluding hydrogens is 266 g/mol. The number of aryl methyl sites for hydroxylation is 3. The summed E-state index contributed by atoms with van der Waals surface area (Å²) in [6.45, 7) is 7.32. The van der Waals surface area contributed by atoms with Crippen molar-refractivity contribution in [3.63, 3.8) is 0 Å². The van der Waals surface area contributed by atoms with E-state index in [-0.39, 0.29) is 0 Å². The third-order valence-corrected chi connectivity index (χ3v) is 3.37. The Morgan fingerprint density at radius 3 is 2.71 bits per heavy atom. The molecule has 114 valence electrons. The number of rotatable bonds is 6. The first-order valence-corrected chi connectivity index (χ1v) is 7.10. The van der Waals surface area contributed by atoms with E-state index in [9.17, 15) is 0 Å². The molecule has 0 fully saturated rings. The highest BCUT2D eigenvalue weighted by molar-refractivity contribution is 5.58. The van der Waals surface area contributed by atoms with Crippen LogP contribution in [0.25, 0.3) is 0 Å². The van der Waals surface area contributed by atoms with Gasteiger partial charge in [0.25, 0.3) is 0 Å².